The van der Waals surface area contributed by atoms with E-state index >= 15 is 0 Å². The zero-order valence-electron chi connectivity index (χ0n) is 11.5. The van der Waals surface area contributed by atoms with Crippen molar-refractivity contribution in [1.29, 1.82) is 0 Å². The van der Waals surface area contributed by atoms with Crippen LogP contribution in [0.2, 0.25) is 0 Å². The molecule has 5 heteroatoms. The monoisotopic (exact) mass is 283 g/mol. The number of hydrogen-bond donors (Lipinski definition) is 1. The first kappa shape index (κ1) is 15.1. The number of hydrogen-bond acceptors (Lipinski definition) is 3. The molecule has 0 radical (unpaired) electrons. The summed E-state index contributed by atoms with van der Waals surface area (Å²) in [4.78, 5) is 13.6. The number of rotatable bonds is 5. The van der Waals surface area contributed by atoms with Crippen LogP contribution in [0.3, 0.4) is 0 Å². The predicted octanol–water partition coefficient (Wildman–Crippen LogP) is 2.38. The third-order valence-corrected chi connectivity index (χ3v) is 3.75. The number of aliphatic hydroxyl groups is 1. The molecule has 2 rings (SSSR count). The van der Waals surface area contributed by atoms with Gasteiger partial charge in [-0.2, -0.15) is 0 Å². The Morgan fingerprint density at radius 1 is 1.30 bits per heavy atom. The molecule has 1 aliphatic carbocycles. The normalized spacial score (nSPS) is 17.6. The van der Waals surface area contributed by atoms with Crippen LogP contribution in [-0.4, -0.2) is 41.5 Å². The van der Waals surface area contributed by atoms with E-state index in [4.69, 9.17) is 0 Å². The Hall–Kier alpha value is -1.33. The number of nitrogens with zero attached hydrogens (tertiary/aromatic N) is 1. The maximum absolute atomic E-state index is 13.5. The van der Waals surface area contributed by atoms with Crippen LogP contribution in [0.4, 0.5) is 8.78 Å². The average molecular weight is 283 g/mol. The molecule has 0 atom stereocenters. The second-order valence-corrected chi connectivity index (χ2v) is 5.62. The Kier molecular flexibility index (Phi) is 4.50. The van der Waals surface area contributed by atoms with Crippen LogP contribution in [0.1, 0.15) is 36.0 Å². The third-order valence-electron chi connectivity index (χ3n) is 3.75. The number of Topliss-reactive ketones (excluding diaryl/α,β-unsaturated/α-hetero) is 1. The standard InChI is InChI=1S/C15H19F2NO2/c1-18(10-15(20)7-2-3-8-15)9-13(19)14-11(16)5-4-6-12(14)17/h4-6,20H,2-3,7-10H2,1H3. The van der Waals surface area contributed by atoms with Crippen LogP contribution >= 0.6 is 0 Å². The van der Waals surface area contributed by atoms with Crippen molar-refractivity contribution in [3.8, 4) is 0 Å². The summed E-state index contributed by atoms with van der Waals surface area (Å²) in [5.41, 5.74) is -1.28. The molecule has 0 amide bonds. The van der Waals surface area contributed by atoms with Gasteiger partial charge in [-0.1, -0.05) is 18.9 Å². The summed E-state index contributed by atoms with van der Waals surface area (Å²) in [6, 6.07) is 3.37. The SMILES string of the molecule is CN(CC(=O)c1c(F)cccc1F)CC1(O)CCCC1. The maximum Gasteiger partial charge on any atom is 0.182 e. The number of ketones is 1. The van der Waals surface area contributed by atoms with Crippen LogP contribution in [0.25, 0.3) is 0 Å². The van der Waals surface area contributed by atoms with Crippen molar-refractivity contribution in [3.05, 3.63) is 35.4 Å². The zero-order valence-corrected chi connectivity index (χ0v) is 11.5. The van der Waals surface area contributed by atoms with Gasteiger partial charge in [-0.15, -0.1) is 0 Å². The molecule has 0 heterocycles. The summed E-state index contributed by atoms with van der Waals surface area (Å²) in [6.07, 6.45) is 3.36. The lowest BCUT2D eigenvalue weighted by Crippen LogP contribution is -2.41. The van der Waals surface area contributed by atoms with Crippen molar-refractivity contribution >= 4 is 5.78 Å². The van der Waals surface area contributed by atoms with Gasteiger partial charge in [0.05, 0.1) is 17.7 Å². The van der Waals surface area contributed by atoms with Crippen molar-refractivity contribution in [3.63, 3.8) is 0 Å². The van der Waals surface area contributed by atoms with E-state index in [2.05, 4.69) is 0 Å². The van der Waals surface area contributed by atoms with Gasteiger partial charge < -0.3 is 5.11 Å². The van der Waals surface area contributed by atoms with Crippen LogP contribution in [0, 0.1) is 11.6 Å². The summed E-state index contributed by atoms with van der Waals surface area (Å²) < 4.78 is 27.0. The Labute approximate surface area is 117 Å². The lowest BCUT2D eigenvalue weighted by atomic mass is 10.0. The topological polar surface area (TPSA) is 40.5 Å². The number of carbonyl (C=O) groups is 1. The molecule has 1 aromatic rings. The zero-order chi connectivity index (χ0) is 14.8. The van der Waals surface area contributed by atoms with Gasteiger partial charge in [0, 0.05) is 6.54 Å². The van der Waals surface area contributed by atoms with Gasteiger partial charge in [0.15, 0.2) is 5.78 Å². The molecule has 0 aromatic heterocycles. The lowest BCUT2D eigenvalue weighted by Gasteiger charge is -2.28. The van der Waals surface area contributed by atoms with E-state index in [1.807, 2.05) is 0 Å². The molecule has 110 valence electrons. The molecule has 0 bridgehead atoms. The molecule has 0 unspecified atom stereocenters. The minimum absolute atomic E-state index is 0.111. The van der Waals surface area contributed by atoms with Crippen LogP contribution in [0.15, 0.2) is 18.2 Å². The van der Waals surface area contributed by atoms with E-state index in [1.54, 1.807) is 11.9 Å². The number of halogens is 2. The molecule has 0 aliphatic heterocycles. The highest BCUT2D eigenvalue weighted by atomic mass is 19.1. The fraction of sp³-hybridized carbons (Fsp3) is 0.533. The summed E-state index contributed by atoms with van der Waals surface area (Å²) in [6.45, 7) is 0.231. The quantitative estimate of drug-likeness (QED) is 0.844. The molecule has 1 fully saturated rings. The highest BCUT2D eigenvalue weighted by Crippen LogP contribution is 2.29. The average Bonchev–Trinajstić information content (AvgIpc) is 2.74. The van der Waals surface area contributed by atoms with Gasteiger partial charge in [-0.3, -0.25) is 9.69 Å². The van der Waals surface area contributed by atoms with E-state index in [0.717, 1.165) is 25.0 Å². The van der Waals surface area contributed by atoms with Gasteiger partial charge in [0.1, 0.15) is 11.6 Å². The summed E-state index contributed by atoms with van der Waals surface area (Å²) in [5.74, 6) is -2.30. The van der Waals surface area contributed by atoms with E-state index in [1.165, 1.54) is 6.07 Å². The predicted molar refractivity (Wildman–Crippen MR) is 71.6 cm³/mol. The summed E-state index contributed by atoms with van der Waals surface area (Å²) >= 11 is 0. The molecule has 20 heavy (non-hydrogen) atoms. The van der Waals surface area contributed by atoms with Crippen LogP contribution in [0.5, 0.6) is 0 Å². The smallest absolute Gasteiger partial charge is 0.182 e. The van der Waals surface area contributed by atoms with Crippen LogP contribution < -0.4 is 0 Å². The Balaban J connectivity index is 2.00. The first-order valence-corrected chi connectivity index (χ1v) is 6.79. The second kappa shape index (κ2) is 5.97. The van der Waals surface area contributed by atoms with Gasteiger partial charge in [-0.25, -0.2) is 8.78 Å². The first-order chi connectivity index (χ1) is 9.41. The van der Waals surface area contributed by atoms with Crippen molar-refractivity contribution in [1.82, 2.24) is 4.90 Å². The third kappa shape index (κ3) is 3.41. The van der Waals surface area contributed by atoms with Crippen molar-refractivity contribution in [2.24, 2.45) is 0 Å². The van der Waals surface area contributed by atoms with Gasteiger partial charge >= 0.3 is 0 Å². The highest BCUT2D eigenvalue weighted by molar-refractivity contribution is 5.98. The minimum atomic E-state index is -0.844. The number of carbonyl (C=O) groups excluding carboxylic acids is 1. The molecule has 1 aromatic carbocycles. The van der Waals surface area contributed by atoms with Crippen molar-refractivity contribution < 1.29 is 18.7 Å². The molecular formula is C15H19F2NO2. The fourth-order valence-corrected chi connectivity index (χ4v) is 2.84. The highest BCUT2D eigenvalue weighted by Gasteiger charge is 2.32. The number of benzene rings is 1. The molecule has 0 spiro atoms. The Morgan fingerprint density at radius 2 is 1.85 bits per heavy atom. The van der Waals surface area contributed by atoms with Crippen molar-refractivity contribution in [2.75, 3.05) is 20.1 Å². The fourth-order valence-electron chi connectivity index (χ4n) is 2.84. The summed E-state index contributed by atoms with van der Waals surface area (Å²) in [7, 11) is 1.67. The molecule has 3 nitrogen and oxygen atoms in total. The van der Waals surface area contributed by atoms with E-state index in [-0.39, 0.29) is 6.54 Å². The minimum Gasteiger partial charge on any atom is -0.389 e. The van der Waals surface area contributed by atoms with Crippen LogP contribution in [-0.2, 0) is 0 Å². The molecule has 0 saturated heterocycles. The van der Waals surface area contributed by atoms with Crippen molar-refractivity contribution in [2.45, 2.75) is 31.3 Å². The second-order valence-electron chi connectivity index (χ2n) is 5.62. The summed E-state index contributed by atoms with van der Waals surface area (Å²) in [5, 5.41) is 10.3. The molecule has 1 aliphatic rings. The van der Waals surface area contributed by atoms with E-state index in [0.29, 0.717) is 19.4 Å². The largest absolute Gasteiger partial charge is 0.389 e. The lowest BCUT2D eigenvalue weighted by molar-refractivity contribution is 0.0172. The molecule has 1 saturated carbocycles. The van der Waals surface area contributed by atoms with E-state index < -0.39 is 28.6 Å². The van der Waals surface area contributed by atoms with Gasteiger partial charge in [0.2, 0.25) is 0 Å². The van der Waals surface area contributed by atoms with Gasteiger partial charge in [0.25, 0.3) is 0 Å². The molecular weight excluding hydrogens is 264 g/mol. The first-order valence-electron chi connectivity index (χ1n) is 6.79. The number of likely N-dealkylation sites (N-methyl/N-ethyl adjacent to an activating group) is 1. The Morgan fingerprint density at radius 3 is 2.40 bits per heavy atom. The molecule has 1 N–H and O–H groups in total. The van der Waals surface area contributed by atoms with Gasteiger partial charge in [-0.05, 0) is 32.0 Å². The van der Waals surface area contributed by atoms with E-state index in [9.17, 15) is 18.7 Å². The Bertz CT molecular complexity index is 478. The maximum atomic E-state index is 13.5.